The highest BCUT2D eigenvalue weighted by Gasteiger charge is 2.21. The molecule has 0 aliphatic carbocycles. The highest BCUT2D eigenvalue weighted by molar-refractivity contribution is 6.01. The van der Waals surface area contributed by atoms with E-state index in [9.17, 15) is 0 Å². The van der Waals surface area contributed by atoms with Crippen LogP contribution in [0.3, 0.4) is 0 Å². The largest absolute Gasteiger partial charge is 0.481 e. The van der Waals surface area contributed by atoms with E-state index in [1.165, 1.54) is 0 Å². The van der Waals surface area contributed by atoms with Gasteiger partial charge in [0, 0.05) is 18.3 Å². The van der Waals surface area contributed by atoms with Crippen LogP contribution in [0.25, 0.3) is 0 Å². The second-order valence-electron chi connectivity index (χ2n) is 3.91. The van der Waals surface area contributed by atoms with Crippen LogP contribution in [0.15, 0.2) is 23.2 Å². The van der Waals surface area contributed by atoms with Crippen LogP contribution in [0.5, 0.6) is 5.75 Å². The quantitative estimate of drug-likeness (QED) is 0.750. The van der Waals surface area contributed by atoms with Crippen LogP contribution in [0.4, 0.5) is 11.4 Å². The molecular formula is C12H17N3O. The zero-order chi connectivity index (χ0) is 11.5. The molecule has 0 bridgehead atoms. The van der Waals surface area contributed by atoms with Gasteiger partial charge in [0.25, 0.3) is 0 Å². The maximum absolute atomic E-state index is 5.75. The Morgan fingerprint density at radius 2 is 2.31 bits per heavy atom. The lowest BCUT2D eigenvalue weighted by molar-refractivity contribution is 0.282. The number of hydrogen-bond donors (Lipinski definition) is 2. The van der Waals surface area contributed by atoms with Gasteiger partial charge in [0.05, 0.1) is 5.69 Å². The first kappa shape index (κ1) is 10.8. The summed E-state index contributed by atoms with van der Waals surface area (Å²) in [5.74, 6) is 1.68. The molecule has 1 unspecified atom stereocenters. The zero-order valence-electron chi connectivity index (χ0n) is 9.66. The van der Waals surface area contributed by atoms with Crippen molar-refractivity contribution in [2.75, 3.05) is 17.6 Å². The summed E-state index contributed by atoms with van der Waals surface area (Å²) in [7, 11) is 0. The summed E-state index contributed by atoms with van der Waals surface area (Å²) < 4.78 is 5.75. The fourth-order valence-corrected chi connectivity index (χ4v) is 1.63. The van der Waals surface area contributed by atoms with Gasteiger partial charge in [-0.1, -0.05) is 6.92 Å². The monoisotopic (exact) mass is 219 g/mol. The Kier molecular flexibility index (Phi) is 2.99. The lowest BCUT2D eigenvalue weighted by Crippen LogP contribution is -2.35. The van der Waals surface area contributed by atoms with Crippen molar-refractivity contribution in [3.05, 3.63) is 18.2 Å². The number of ether oxygens (including phenoxy) is 1. The van der Waals surface area contributed by atoms with Crippen molar-refractivity contribution in [3.63, 3.8) is 0 Å². The van der Waals surface area contributed by atoms with Crippen molar-refractivity contribution in [2.24, 2.45) is 4.99 Å². The van der Waals surface area contributed by atoms with Gasteiger partial charge >= 0.3 is 0 Å². The van der Waals surface area contributed by atoms with Gasteiger partial charge in [0.2, 0.25) is 0 Å². The molecule has 0 amide bonds. The molecule has 3 N–H and O–H groups in total. The summed E-state index contributed by atoms with van der Waals surface area (Å²) in [5, 5.41) is 3.28. The van der Waals surface area contributed by atoms with E-state index >= 15 is 0 Å². The Hall–Kier alpha value is -1.71. The molecule has 1 aromatic carbocycles. The number of hydrogen-bond acceptors (Lipinski definition) is 3. The third kappa shape index (κ3) is 2.10. The van der Waals surface area contributed by atoms with Crippen LogP contribution < -0.4 is 15.8 Å². The third-order valence-electron chi connectivity index (χ3n) is 2.46. The molecule has 1 atom stereocenters. The van der Waals surface area contributed by atoms with Crippen molar-refractivity contribution >= 4 is 17.2 Å². The molecule has 1 aliphatic heterocycles. The Bertz CT molecular complexity index is 415. The minimum Gasteiger partial charge on any atom is -0.481 e. The highest BCUT2D eigenvalue weighted by atomic mass is 16.5. The molecule has 0 fully saturated rings. The second-order valence-corrected chi connectivity index (χ2v) is 3.91. The fraction of sp³-hybridized carbons (Fsp3) is 0.417. The normalized spacial score (nSPS) is 21.1. The van der Waals surface area contributed by atoms with E-state index in [0.717, 1.165) is 30.2 Å². The molecule has 0 spiro atoms. The van der Waals surface area contributed by atoms with Crippen LogP contribution in [0.2, 0.25) is 0 Å². The molecule has 4 nitrogen and oxygen atoms in total. The molecule has 0 saturated carbocycles. The summed E-state index contributed by atoms with van der Waals surface area (Å²) in [6.45, 7) is 4.90. The van der Waals surface area contributed by atoms with E-state index in [-0.39, 0.29) is 6.10 Å². The molecule has 1 heterocycles. The average Bonchev–Trinajstić information content (AvgIpc) is 2.26. The zero-order valence-corrected chi connectivity index (χ0v) is 9.66. The van der Waals surface area contributed by atoms with Crippen LogP contribution in [-0.4, -0.2) is 18.5 Å². The lowest BCUT2D eigenvalue weighted by Gasteiger charge is -2.26. The van der Waals surface area contributed by atoms with Crippen LogP contribution in [-0.2, 0) is 0 Å². The minimum atomic E-state index is -0.0409. The number of fused-ring (bicyclic) bond motifs is 1. The van der Waals surface area contributed by atoms with E-state index in [1.807, 2.05) is 25.1 Å². The van der Waals surface area contributed by atoms with Gasteiger partial charge in [-0.15, -0.1) is 0 Å². The molecular weight excluding hydrogens is 202 g/mol. The SMILES string of the molecule is CCCN=C1Nc2ccc(N)cc2OC1C. The molecule has 86 valence electrons. The topological polar surface area (TPSA) is 59.6 Å². The van der Waals surface area contributed by atoms with Crippen LogP contribution in [0.1, 0.15) is 20.3 Å². The second kappa shape index (κ2) is 4.43. The first-order valence-corrected chi connectivity index (χ1v) is 5.58. The van der Waals surface area contributed by atoms with Gasteiger partial charge in [0.15, 0.2) is 6.10 Å². The Balaban J connectivity index is 2.25. The van der Waals surface area contributed by atoms with Crippen LogP contribution in [0, 0.1) is 0 Å². The van der Waals surface area contributed by atoms with Crippen molar-refractivity contribution in [1.29, 1.82) is 0 Å². The van der Waals surface area contributed by atoms with Gasteiger partial charge in [-0.25, -0.2) is 0 Å². The van der Waals surface area contributed by atoms with E-state index in [1.54, 1.807) is 0 Å². The van der Waals surface area contributed by atoms with Gasteiger partial charge < -0.3 is 15.8 Å². The van der Waals surface area contributed by atoms with Gasteiger partial charge in [0.1, 0.15) is 11.6 Å². The smallest absolute Gasteiger partial charge is 0.153 e. The van der Waals surface area contributed by atoms with E-state index in [2.05, 4.69) is 17.2 Å². The molecule has 16 heavy (non-hydrogen) atoms. The molecule has 1 aliphatic rings. The highest BCUT2D eigenvalue weighted by Crippen LogP contribution is 2.31. The number of nitrogen functional groups attached to an aromatic ring is 1. The Labute approximate surface area is 95.5 Å². The summed E-state index contributed by atoms with van der Waals surface area (Å²) in [6.07, 6.45) is 0.993. The van der Waals surface area contributed by atoms with E-state index in [0.29, 0.717) is 5.69 Å². The molecule has 0 saturated heterocycles. The maximum Gasteiger partial charge on any atom is 0.153 e. The Morgan fingerprint density at radius 3 is 3.06 bits per heavy atom. The van der Waals surface area contributed by atoms with Gasteiger partial charge in [-0.3, -0.25) is 4.99 Å². The van der Waals surface area contributed by atoms with Gasteiger partial charge in [-0.2, -0.15) is 0 Å². The first-order valence-electron chi connectivity index (χ1n) is 5.58. The fourth-order valence-electron chi connectivity index (χ4n) is 1.63. The molecule has 0 radical (unpaired) electrons. The van der Waals surface area contributed by atoms with E-state index < -0.39 is 0 Å². The molecule has 0 aromatic heterocycles. The lowest BCUT2D eigenvalue weighted by atomic mass is 10.2. The Morgan fingerprint density at radius 1 is 1.50 bits per heavy atom. The van der Waals surface area contributed by atoms with Crippen molar-refractivity contribution in [3.8, 4) is 5.75 Å². The number of aliphatic imine (C=N–C) groups is 1. The predicted molar refractivity (Wildman–Crippen MR) is 67.2 cm³/mol. The van der Waals surface area contributed by atoms with Crippen LogP contribution >= 0.6 is 0 Å². The number of amidine groups is 1. The van der Waals surface area contributed by atoms with Crippen molar-refractivity contribution < 1.29 is 4.74 Å². The minimum absolute atomic E-state index is 0.0409. The number of nitrogens with zero attached hydrogens (tertiary/aromatic N) is 1. The molecule has 1 aromatic rings. The number of rotatable bonds is 2. The maximum atomic E-state index is 5.75. The molecule has 2 rings (SSSR count). The van der Waals surface area contributed by atoms with Crippen molar-refractivity contribution in [2.45, 2.75) is 26.4 Å². The standard InChI is InChI=1S/C12H17N3O/c1-3-6-14-12-8(2)16-11-7-9(13)4-5-10(11)15-12/h4-5,7-8H,3,6,13H2,1-2H3,(H,14,15). The number of anilines is 2. The first-order chi connectivity index (χ1) is 7.70. The number of nitrogens with one attached hydrogen (secondary N) is 1. The summed E-state index contributed by atoms with van der Waals surface area (Å²) in [6, 6.07) is 5.59. The third-order valence-corrected chi connectivity index (χ3v) is 2.46. The summed E-state index contributed by atoms with van der Waals surface area (Å²) in [4.78, 5) is 4.45. The summed E-state index contributed by atoms with van der Waals surface area (Å²) in [5.41, 5.74) is 7.35. The van der Waals surface area contributed by atoms with E-state index in [4.69, 9.17) is 10.5 Å². The number of benzene rings is 1. The predicted octanol–water partition coefficient (Wildman–Crippen LogP) is 2.27. The average molecular weight is 219 g/mol. The number of nitrogens with two attached hydrogens (primary N) is 1. The summed E-state index contributed by atoms with van der Waals surface area (Å²) >= 11 is 0. The van der Waals surface area contributed by atoms with Crippen molar-refractivity contribution in [1.82, 2.24) is 0 Å². The molecule has 4 heteroatoms. The van der Waals surface area contributed by atoms with Gasteiger partial charge in [-0.05, 0) is 25.5 Å².